The minimum atomic E-state index is -4.76. The van der Waals surface area contributed by atoms with E-state index in [9.17, 15) is 18.0 Å². The van der Waals surface area contributed by atoms with E-state index >= 15 is 0 Å². The predicted molar refractivity (Wildman–Crippen MR) is 116 cm³/mol. The summed E-state index contributed by atoms with van der Waals surface area (Å²) in [6.45, 7) is 1.96. The lowest BCUT2D eigenvalue weighted by Crippen LogP contribution is -2.46. The normalized spacial score (nSPS) is 13.0. The molecule has 0 saturated carbocycles. The lowest BCUT2D eigenvalue weighted by Gasteiger charge is -2.35. The van der Waals surface area contributed by atoms with Gasteiger partial charge in [-0.05, 0) is 36.2 Å². The van der Waals surface area contributed by atoms with Crippen LogP contribution in [0.3, 0.4) is 0 Å². The summed E-state index contributed by atoms with van der Waals surface area (Å²) in [6.07, 6.45) is -3.08. The van der Waals surface area contributed by atoms with E-state index in [-0.39, 0.29) is 12.2 Å². The zero-order valence-corrected chi connectivity index (χ0v) is 17.9. The molecule has 8 heteroatoms. The third-order valence-corrected chi connectivity index (χ3v) is 5.23. The molecule has 0 saturated heterocycles. The number of carbonyl (C=O) groups excluding carboxylic acids is 1. The van der Waals surface area contributed by atoms with Gasteiger partial charge in [-0.25, -0.2) is 0 Å². The third kappa shape index (κ3) is 6.14. The standard InChI is InChI=1S/C23H25ClF3N3O/c1-4-5-10-21(22(31)29(2)3)30(15-17-8-6-7-9-20(17)24)18-12-11-16(14-28)19(13-18)23(25,26)27/h6-9,11-13,21H,4-5,10,15H2,1-3H3/t21-/m0/s1/i2D,3D. The van der Waals surface area contributed by atoms with Gasteiger partial charge in [-0.2, -0.15) is 18.4 Å². The van der Waals surface area contributed by atoms with Gasteiger partial charge in [0.25, 0.3) is 0 Å². The molecule has 1 amide bonds. The Kier molecular flexibility index (Phi) is 7.31. The van der Waals surface area contributed by atoms with E-state index in [1.807, 2.05) is 6.92 Å². The first-order valence-corrected chi connectivity index (χ1v) is 10.0. The van der Waals surface area contributed by atoms with Gasteiger partial charge in [0.2, 0.25) is 5.91 Å². The molecule has 0 aromatic heterocycles. The Morgan fingerprint density at radius 3 is 2.55 bits per heavy atom. The Hall–Kier alpha value is -2.72. The SMILES string of the molecule is [2H]CN(C[2H])C(=O)[C@H](CCCC)N(Cc1ccccc1Cl)c1ccc(C#N)c(C(F)(F)F)c1. The molecule has 0 bridgehead atoms. The number of benzene rings is 2. The Balaban J connectivity index is 2.67. The molecule has 0 aliphatic carbocycles. The van der Waals surface area contributed by atoms with Crippen molar-refractivity contribution in [3.63, 3.8) is 0 Å². The highest BCUT2D eigenvalue weighted by molar-refractivity contribution is 6.31. The second-order valence-corrected chi connectivity index (χ2v) is 7.50. The molecule has 166 valence electrons. The van der Waals surface area contributed by atoms with Crippen LogP contribution in [0.5, 0.6) is 0 Å². The Morgan fingerprint density at radius 2 is 1.97 bits per heavy atom. The molecular weight excluding hydrogens is 427 g/mol. The summed E-state index contributed by atoms with van der Waals surface area (Å²) in [6, 6.07) is 10.8. The minimum Gasteiger partial charge on any atom is -0.355 e. The number of carbonyl (C=O) groups is 1. The van der Waals surface area contributed by atoms with Crippen molar-refractivity contribution in [2.24, 2.45) is 0 Å². The highest BCUT2D eigenvalue weighted by Crippen LogP contribution is 2.36. The largest absolute Gasteiger partial charge is 0.417 e. The van der Waals surface area contributed by atoms with E-state index in [0.29, 0.717) is 23.4 Å². The predicted octanol–water partition coefficient (Wildman–Crippen LogP) is 5.88. The van der Waals surface area contributed by atoms with E-state index in [4.69, 9.17) is 19.6 Å². The van der Waals surface area contributed by atoms with Crippen molar-refractivity contribution in [2.75, 3.05) is 18.9 Å². The zero-order valence-electron chi connectivity index (χ0n) is 19.1. The minimum absolute atomic E-state index is 0.0346. The van der Waals surface area contributed by atoms with Gasteiger partial charge in [0, 0.05) is 34.0 Å². The number of halogens is 4. The highest BCUT2D eigenvalue weighted by atomic mass is 35.5. The molecule has 31 heavy (non-hydrogen) atoms. The Morgan fingerprint density at radius 1 is 1.26 bits per heavy atom. The number of rotatable bonds is 8. The average molecular weight is 454 g/mol. The molecule has 0 aliphatic rings. The Bertz CT molecular complexity index is 994. The smallest absolute Gasteiger partial charge is 0.355 e. The molecule has 0 N–H and O–H groups in total. The third-order valence-electron chi connectivity index (χ3n) is 4.86. The van der Waals surface area contributed by atoms with Gasteiger partial charge in [0.15, 0.2) is 0 Å². The number of alkyl halides is 3. The Labute approximate surface area is 188 Å². The van der Waals surface area contributed by atoms with Crippen molar-refractivity contribution in [3.8, 4) is 6.07 Å². The van der Waals surface area contributed by atoms with Crippen molar-refractivity contribution in [3.05, 3.63) is 64.2 Å². The highest BCUT2D eigenvalue weighted by Gasteiger charge is 2.35. The lowest BCUT2D eigenvalue weighted by molar-refractivity contribution is -0.137. The number of anilines is 1. The van der Waals surface area contributed by atoms with Crippen molar-refractivity contribution >= 4 is 23.2 Å². The van der Waals surface area contributed by atoms with Gasteiger partial charge in [-0.3, -0.25) is 4.79 Å². The molecule has 0 unspecified atom stereocenters. The van der Waals surface area contributed by atoms with Crippen LogP contribution < -0.4 is 4.90 Å². The van der Waals surface area contributed by atoms with Crippen LogP contribution in [-0.4, -0.2) is 30.9 Å². The van der Waals surface area contributed by atoms with Gasteiger partial charge in [0.1, 0.15) is 6.04 Å². The monoisotopic (exact) mass is 453 g/mol. The molecule has 1 atom stereocenters. The molecule has 2 aromatic carbocycles. The zero-order chi connectivity index (χ0) is 24.6. The van der Waals surface area contributed by atoms with Crippen LogP contribution in [0.25, 0.3) is 0 Å². The first kappa shape index (κ1) is 21.5. The average Bonchev–Trinajstić information content (AvgIpc) is 2.79. The second kappa shape index (κ2) is 10.5. The summed E-state index contributed by atoms with van der Waals surface area (Å²) in [5.74, 6) is -0.515. The molecule has 0 radical (unpaired) electrons. The number of nitrogens with zero attached hydrogens (tertiary/aromatic N) is 3. The molecule has 0 heterocycles. The molecule has 2 rings (SSSR count). The van der Waals surface area contributed by atoms with E-state index < -0.39 is 43.3 Å². The van der Waals surface area contributed by atoms with Crippen LogP contribution in [-0.2, 0) is 17.5 Å². The van der Waals surface area contributed by atoms with Gasteiger partial charge < -0.3 is 9.80 Å². The van der Waals surface area contributed by atoms with Crippen molar-refractivity contribution in [1.82, 2.24) is 4.90 Å². The summed E-state index contributed by atoms with van der Waals surface area (Å²) in [4.78, 5) is 15.8. The fourth-order valence-electron chi connectivity index (χ4n) is 3.26. The fourth-order valence-corrected chi connectivity index (χ4v) is 3.45. The van der Waals surface area contributed by atoms with E-state index in [2.05, 4.69) is 0 Å². The molecular formula is C23H25ClF3N3O. The number of nitriles is 1. The fraction of sp³-hybridized carbons (Fsp3) is 0.391. The summed E-state index contributed by atoms with van der Waals surface area (Å²) in [5.41, 5.74) is -0.897. The van der Waals surface area contributed by atoms with E-state index in [0.717, 1.165) is 23.5 Å². The quantitative estimate of drug-likeness (QED) is 0.501. The first-order valence-electron chi connectivity index (χ1n) is 11.1. The molecule has 4 nitrogen and oxygen atoms in total. The molecule has 2 aromatic rings. The summed E-state index contributed by atoms with van der Waals surface area (Å²) < 4.78 is 56.1. The number of hydrogen-bond acceptors (Lipinski definition) is 3. The van der Waals surface area contributed by atoms with Crippen LogP contribution in [0.1, 0.15) is 45.6 Å². The van der Waals surface area contributed by atoms with Crippen LogP contribution in [0.4, 0.5) is 18.9 Å². The maximum Gasteiger partial charge on any atom is 0.417 e. The summed E-state index contributed by atoms with van der Waals surface area (Å²) in [5, 5.41) is 9.54. The molecule has 0 fully saturated rings. The first-order chi connectivity index (χ1) is 15.7. The topological polar surface area (TPSA) is 47.3 Å². The summed E-state index contributed by atoms with van der Waals surface area (Å²) in [7, 11) is -0.877. The van der Waals surface area contributed by atoms with Crippen molar-refractivity contribution < 1.29 is 20.7 Å². The van der Waals surface area contributed by atoms with Gasteiger partial charge in [0.05, 0.1) is 17.2 Å². The second-order valence-electron chi connectivity index (χ2n) is 7.09. The lowest BCUT2D eigenvalue weighted by atomic mass is 10.0. The van der Waals surface area contributed by atoms with Gasteiger partial charge in [-0.1, -0.05) is 49.6 Å². The van der Waals surface area contributed by atoms with E-state index in [1.165, 1.54) is 11.0 Å². The van der Waals surface area contributed by atoms with Crippen LogP contribution >= 0.6 is 11.6 Å². The number of likely N-dealkylation sites (N-methyl/N-ethyl adjacent to an activating group) is 1. The van der Waals surface area contributed by atoms with Crippen LogP contribution in [0.15, 0.2) is 42.5 Å². The maximum absolute atomic E-state index is 13.7. The van der Waals surface area contributed by atoms with Gasteiger partial charge >= 0.3 is 6.18 Å². The molecule has 0 spiro atoms. The molecule has 0 aliphatic heterocycles. The van der Waals surface area contributed by atoms with Crippen molar-refractivity contribution in [2.45, 2.75) is 44.9 Å². The van der Waals surface area contributed by atoms with Gasteiger partial charge in [-0.15, -0.1) is 0 Å². The van der Waals surface area contributed by atoms with E-state index in [1.54, 1.807) is 30.3 Å². The van der Waals surface area contributed by atoms with Crippen LogP contribution in [0.2, 0.25) is 5.02 Å². The van der Waals surface area contributed by atoms with Crippen molar-refractivity contribution in [1.29, 1.82) is 5.26 Å². The maximum atomic E-state index is 13.7. The number of hydrogen-bond donors (Lipinski definition) is 0. The van der Waals surface area contributed by atoms with Crippen LogP contribution in [0, 0.1) is 11.3 Å². The summed E-state index contributed by atoms with van der Waals surface area (Å²) >= 11 is 6.31. The number of amides is 1. The number of unbranched alkanes of at least 4 members (excludes halogenated alkanes) is 1.